The third-order valence-electron chi connectivity index (χ3n) is 3.81. The van der Waals surface area contributed by atoms with E-state index >= 15 is 0 Å². The van der Waals surface area contributed by atoms with Crippen LogP contribution in [0.15, 0.2) is 54.6 Å². The maximum atomic E-state index is 12.6. The van der Waals surface area contributed by atoms with Gasteiger partial charge in [-0.05, 0) is 35.9 Å². The number of nitrogens with zero attached hydrogens (tertiary/aromatic N) is 1. The first-order valence-corrected chi connectivity index (χ1v) is 7.51. The Hall–Kier alpha value is -2.77. The van der Waals surface area contributed by atoms with Crippen LogP contribution in [0, 0.1) is 0 Å². The molecule has 8 heteroatoms. The van der Waals surface area contributed by atoms with Crippen LogP contribution >= 0.6 is 0 Å². The fraction of sp³-hybridized carbons (Fsp3) is 0.167. The number of rotatable bonds is 3. The third kappa shape index (κ3) is 4.07. The van der Waals surface area contributed by atoms with E-state index in [1.54, 1.807) is 6.07 Å². The van der Waals surface area contributed by atoms with Gasteiger partial charge in [0.15, 0.2) is 0 Å². The largest absolute Gasteiger partial charge is 0.416 e. The number of aromatic amines is 1. The smallest absolute Gasteiger partial charge is 0.282 e. The van der Waals surface area contributed by atoms with Crippen LogP contribution in [-0.4, -0.2) is 10.2 Å². The summed E-state index contributed by atoms with van der Waals surface area (Å²) in [5, 5.41) is 6.79. The van der Waals surface area contributed by atoms with E-state index in [1.165, 1.54) is 24.3 Å². The van der Waals surface area contributed by atoms with Crippen molar-refractivity contribution in [2.45, 2.75) is 18.8 Å². The van der Waals surface area contributed by atoms with Gasteiger partial charge in [0.25, 0.3) is 0 Å². The van der Waals surface area contributed by atoms with Crippen molar-refractivity contribution in [3.63, 3.8) is 0 Å². The molecule has 3 rings (SSSR count). The lowest BCUT2D eigenvalue weighted by atomic mass is 10.1. The maximum absolute atomic E-state index is 12.6. The zero-order chi connectivity index (χ0) is 18.9. The number of nitrogens with one attached hydrogen (secondary N) is 1. The monoisotopic (exact) mass is 370 g/mol. The quantitative estimate of drug-likeness (QED) is 0.588. The summed E-state index contributed by atoms with van der Waals surface area (Å²) >= 11 is 0. The van der Waals surface area contributed by atoms with Gasteiger partial charge in [-0.15, -0.1) is 0 Å². The fourth-order valence-corrected chi connectivity index (χ4v) is 2.46. The molecule has 0 aliphatic rings. The van der Waals surface area contributed by atoms with Gasteiger partial charge in [-0.2, -0.15) is 31.4 Å². The first-order chi connectivity index (χ1) is 12.1. The van der Waals surface area contributed by atoms with Gasteiger partial charge in [-0.25, -0.2) is 0 Å². The lowest BCUT2D eigenvalue weighted by Crippen LogP contribution is -2.04. The van der Waals surface area contributed by atoms with E-state index in [4.69, 9.17) is 0 Å². The van der Waals surface area contributed by atoms with Gasteiger partial charge in [-0.1, -0.05) is 24.3 Å². The Balaban J connectivity index is 1.74. The second kappa shape index (κ2) is 6.51. The van der Waals surface area contributed by atoms with Gasteiger partial charge in [0.2, 0.25) is 0 Å². The van der Waals surface area contributed by atoms with E-state index in [2.05, 4.69) is 10.2 Å². The summed E-state index contributed by atoms with van der Waals surface area (Å²) < 4.78 is 75.4. The average Bonchev–Trinajstić information content (AvgIpc) is 3.02. The number of hydrogen-bond acceptors (Lipinski definition) is 1. The minimum Gasteiger partial charge on any atom is -0.282 e. The number of H-pyrrole nitrogens is 1. The van der Waals surface area contributed by atoms with Crippen LogP contribution in [-0.2, 0) is 18.8 Å². The molecule has 1 heterocycles. The number of halogens is 6. The van der Waals surface area contributed by atoms with Gasteiger partial charge in [0, 0.05) is 17.7 Å². The molecule has 0 saturated heterocycles. The summed E-state index contributed by atoms with van der Waals surface area (Å²) in [6.07, 6.45) is -8.47. The van der Waals surface area contributed by atoms with E-state index in [-0.39, 0.29) is 0 Å². The highest BCUT2D eigenvalue weighted by molar-refractivity contribution is 5.60. The summed E-state index contributed by atoms with van der Waals surface area (Å²) in [7, 11) is 0. The van der Waals surface area contributed by atoms with Crippen LogP contribution in [0.1, 0.15) is 22.4 Å². The van der Waals surface area contributed by atoms with E-state index in [1.807, 2.05) is 0 Å². The fourth-order valence-electron chi connectivity index (χ4n) is 2.46. The Morgan fingerprint density at radius 1 is 0.731 bits per heavy atom. The molecule has 0 bridgehead atoms. The van der Waals surface area contributed by atoms with Crippen molar-refractivity contribution >= 4 is 0 Å². The highest BCUT2D eigenvalue weighted by Gasteiger charge is 2.30. The van der Waals surface area contributed by atoms with Crippen molar-refractivity contribution < 1.29 is 26.3 Å². The number of aromatic nitrogens is 2. The van der Waals surface area contributed by atoms with Gasteiger partial charge >= 0.3 is 12.4 Å². The summed E-state index contributed by atoms with van der Waals surface area (Å²) in [6.45, 7) is 0. The van der Waals surface area contributed by atoms with Gasteiger partial charge in [0.05, 0.1) is 16.8 Å². The van der Waals surface area contributed by atoms with Crippen LogP contribution in [0.5, 0.6) is 0 Å². The topological polar surface area (TPSA) is 28.7 Å². The molecular formula is C18H12F6N2. The Kier molecular flexibility index (Phi) is 4.52. The maximum Gasteiger partial charge on any atom is 0.416 e. The molecule has 2 aromatic carbocycles. The molecule has 0 amide bonds. The lowest BCUT2D eigenvalue weighted by Gasteiger charge is -2.07. The molecule has 2 nitrogen and oxygen atoms in total. The minimum atomic E-state index is -4.40. The number of hydrogen-bond donors (Lipinski definition) is 1. The SMILES string of the molecule is FC(F)(F)c1ccc(Cc2cc(-c3ccc(C(F)(F)F)cc3)n[nH]2)cc1. The average molecular weight is 370 g/mol. The Morgan fingerprint density at radius 3 is 1.73 bits per heavy atom. The summed E-state index contributed by atoms with van der Waals surface area (Å²) in [4.78, 5) is 0. The molecule has 0 unspecified atom stereocenters. The molecule has 1 N–H and O–H groups in total. The first-order valence-electron chi connectivity index (χ1n) is 7.51. The van der Waals surface area contributed by atoms with Crippen molar-refractivity contribution in [2.24, 2.45) is 0 Å². The van der Waals surface area contributed by atoms with Crippen molar-refractivity contribution in [3.05, 3.63) is 77.0 Å². The summed E-state index contributed by atoms with van der Waals surface area (Å²) in [5.74, 6) is 0. The van der Waals surface area contributed by atoms with E-state index < -0.39 is 23.5 Å². The molecule has 0 aliphatic heterocycles. The number of benzene rings is 2. The molecule has 1 aromatic heterocycles. The Bertz CT molecular complexity index is 874. The second-order valence-corrected chi connectivity index (χ2v) is 5.72. The molecule has 26 heavy (non-hydrogen) atoms. The Morgan fingerprint density at radius 2 is 1.23 bits per heavy atom. The molecule has 0 spiro atoms. The Labute approximate surface area is 144 Å². The van der Waals surface area contributed by atoms with Crippen LogP contribution in [0.25, 0.3) is 11.3 Å². The van der Waals surface area contributed by atoms with Gasteiger partial charge in [-0.3, -0.25) is 5.10 Å². The molecule has 0 saturated carbocycles. The number of alkyl halides is 6. The highest BCUT2D eigenvalue weighted by atomic mass is 19.4. The molecule has 0 radical (unpaired) electrons. The predicted octanol–water partition coefficient (Wildman–Crippen LogP) is 5.71. The standard InChI is InChI=1S/C18H12F6N2/c19-17(20,21)13-5-1-11(2-6-13)9-15-10-16(26-25-15)12-3-7-14(8-4-12)18(22,23)24/h1-8,10H,9H2,(H,25,26). The van der Waals surface area contributed by atoms with Gasteiger partial charge < -0.3 is 0 Å². The minimum absolute atomic E-state index is 0.325. The van der Waals surface area contributed by atoms with Crippen molar-refractivity contribution in [2.75, 3.05) is 0 Å². The van der Waals surface area contributed by atoms with E-state index in [9.17, 15) is 26.3 Å². The van der Waals surface area contributed by atoms with Crippen LogP contribution in [0.3, 0.4) is 0 Å². The molecule has 3 aromatic rings. The predicted molar refractivity (Wildman–Crippen MR) is 83.3 cm³/mol. The zero-order valence-corrected chi connectivity index (χ0v) is 13.1. The van der Waals surface area contributed by atoms with E-state index in [0.717, 1.165) is 24.3 Å². The lowest BCUT2D eigenvalue weighted by molar-refractivity contribution is -0.138. The van der Waals surface area contributed by atoms with Crippen molar-refractivity contribution in [1.29, 1.82) is 0 Å². The normalized spacial score (nSPS) is 12.4. The molecule has 136 valence electrons. The first kappa shape index (κ1) is 18.0. The second-order valence-electron chi connectivity index (χ2n) is 5.72. The van der Waals surface area contributed by atoms with E-state index in [0.29, 0.717) is 28.9 Å². The van der Waals surface area contributed by atoms with Crippen LogP contribution < -0.4 is 0 Å². The van der Waals surface area contributed by atoms with Crippen LogP contribution in [0.2, 0.25) is 0 Å². The zero-order valence-electron chi connectivity index (χ0n) is 13.1. The van der Waals surface area contributed by atoms with Crippen molar-refractivity contribution in [1.82, 2.24) is 10.2 Å². The third-order valence-corrected chi connectivity index (χ3v) is 3.81. The van der Waals surface area contributed by atoms with Gasteiger partial charge in [0.1, 0.15) is 0 Å². The molecule has 0 fully saturated rings. The summed E-state index contributed by atoms with van der Waals surface area (Å²) in [6, 6.07) is 11.0. The molecule has 0 atom stereocenters. The van der Waals surface area contributed by atoms with Crippen molar-refractivity contribution in [3.8, 4) is 11.3 Å². The molecular weight excluding hydrogens is 358 g/mol. The highest BCUT2D eigenvalue weighted by Crippen LogP contribution is 2.31. The molecule has 0 aliphatic carbocycles. The summed E-state index contributed by atoms with van der Waals surface area (Å²) in [5.41, 5.74) is 0.784. The van der Waals surface area contributed by atoms with Crippen LogP contribution in [0.4, 0.5) is 26.3 Å².